The number of pyridine rings is 1. The van der Waals surface area contributed by atoms with Gasteiger partial charge in [-0.2, -0.15) is 0 Å². The Morgan fingerprint density at radius 2 is 1.86 bits per heavy atom. The molecule has 1 aliphatic rings. The normalized spacial score (nSPS) is 15.1. The molecule has 0 unspecified atom stereocenters. The van der Waals surface area contributed by atoms with Gasteiger partial charge in [-0.3, -0.25) is 14.6 Å². The first-order valence-corrected chi connectivity index (χ1v) is 9.81. The molecule has 0 N–H and O–H groups in total. The molecule has 1 aromatic heterocycles. The van der Waals surface area contributed by atoms with E-state index in [0.29, 0.717) is 32.6 Å². The molecule has 1 aliphatic heterocycles. The van der Waals surface area contributed by atoms with Crippen LogP contribution in [0.2, 0.25) is 0 Å². The second kappa shape index (κ2) is 8.69. The van der Waals surface area contributed by atoms with Gasteiger partial charge in [0.25, 0.3) is 0 Å². The summed E-state index contributed by atoms with van der Waals surface area (Å²) in [6.45, 7) is 2.09. The van der Waals surface area contributed by atoms with E-state index in [9.17, 15) is 9.59 Å². The molecule has 1 saturated heterocycles. The van der Waals surface area contributed by atoms with Gasteiger partial charge >= 0.3 is 0 Å². The second-order valence-corrected chi connectivity index (χ2v) is 7.19. The highest BCUT2D eigenvalue weighted by atomic mass is 16.2. The van der Waals surface area contributed by atoms with Crippen LogP contribution in [-0.4, -0.2) is 46.2 Å². The van der Waals surface area contributed by atoms with Crippen LogP contribution in [0.3, 0.4) is 0 Å². The zero-order valence-electron chi connectivity index (χ0n) is 16.2. The average Bonchev–Trinajstić information content (AvgIpc) is 2.94. The van der Waals surface area contributed by atoms with Crippen molar-refractivity contribution in [2.45, 2.75) is 13.0 Å². The summed E-state index contributed by atoms with van der Waals surface area (Å²) in [5.41, 5.74) is 1.98. The molecule has 1 fully saturated rings. The molecule has 0 bridgehead atoms. The Kier molecular flexibility index (Phi) is 5.66. The summed E-state index contributed by atoms with van der Waals surface area (Å²) >= 11 is 0. The highest BCUT2D eigenvalue weighted by Gasteiger charge is 2.22. The summed E-state index contributed by atoms with van der Waals surface area (Å²) in [6, 6.07) is 18.2. The van der Waals surface area contributed by atoms with Crippen LogP contribution in [-0.2, 0) is 16.1 Å². The SMILES string of the molecule is O=C(/C=C/c1cccnc1)N1CCC(=O)N(Cc2ccc3ccccc3c2)CC1. The number of rotatable bonds is 4. The van der Waals surface area contributed by atoms with Crippen molar-refractivity contribution >= 4 is 28.7 Å². The van der Waals surface area contributed by atoms with Gasteiger partial charge in [-0.1, -0.05) is 42.5 Å². The molecule has 2 heterocycles. The maximum atomic E-state index is 12.6. The zero-order chi connectivity index (χ0) is 20.1. The second-order valence-electron chi connectivity index (χ2n) is 7.19. The first-order chi connectivity index (χ1) is 14.2. The molecule has 0 aliphatic carbocycles. The molecule has 0 spiro atoms. The molecular weight excluding hydrogens is 362 g/mol. The van der Waals surface area contributed by atoms with Crippen LogP contribution in [0.25, 0.3) is 16.8 Å². The standard InChI is InChI=1S/C24H23N3O2/c28-23(10-8-19-4-3-12-25-17-19)26-13-11-24(29)27(15-14-26)18-20-7-9-21-5-1-2-6-22(21)16-20/h1-10,12,16-17H,11,13-15,18H2/b10-8+. The Labute approximate surface area is 170 Å². The lowest BCUT2D eigenvalue weighted by Gasteiger charge is -2.22. The van der Waals surface area contributed by atoms with Gasteiger partial charge in [-0.15, -0.1) is 0 Å². The van der Waals surface area contributed by atoms with Crippen LogP contribution in [0, 0.1) is 0 Å². The zero-order valence-corrected chi connectivity index (χ0v) is 16.2. The van der Waals surface area contributed by atoms with Crippen LogP contribution < -0.4 is 0 Å². The van der Waals surface area contributed by atoms with E-state index in [1.54, 1.807) is 29.4 Å². The first kappa shape index (κ1) is 18.9. The number of hydrogen-bond donors (Lipinski definition) is 0. The van der Waals surface area contributed by atoms with E-state index < -0.39 is 0 Å². The summed E-state index contributed by atoms with van der Waals surface area (Å²) in [4.78, 5) is 32.8. The minimum absolute atomic E-state index is 0.0748. The third-order valence-corrected chi connectivity index (χ3v) is 5.19. The van der Waals surface area contributed by atoms with E-state index in [1.807, 2.05) is 29.2 Å². The lowest BCUT2D eigenvalue weighted by Crippen LogP contribution is -2.34. The van der Waals surface area contributed by atoms with Crippen LogP contribution in [0.15, 0.2) is 73.1 Å². The Balaban J connectivity index is 1.40. The summed E-state index contributed by atoms with van der Waals surface area (Å²) in [6.07, 6.45) is 7.07. The fourth-order valence-corrected chi connectivity index (χ4v) is 3.56. The van der Waals surface area contributed by atoms with E-state index >= 15 is 0 Å². The molecule has 5 nitrogen and oxygen atoms in total. The molecule has 0 atom stereocenters. The van der Waals surface area contributed by atoms with Gasteiger partial charge in [-0.25, -0.2) is 0 Å². The Morgan fingerprint density at radius 1 is 1.00 bits per heavy atom. The number of carbonyl (C=O) groups excluding carboxylic acids is 2. The van der Waals surface area contributed by atoms with Gasteiger partial charge in [0.2, 0.25) is 11.8 Å². The molecule has 2 amide bonds. The van der Waals surface area contributed by atoms with Crippen LogP contribution >= 0.6 is 0 Å². The predicted molar refractivity (Wildman–Crippen MR) is 114 cm³/mol. The molecular formula is C24H23N3O2. The summed E-state index contributed by atoms with van der Waals surface area (Å²) in [5, 5.41) is 2.36. The first-order valence-electron chi connectivity index (χ1n) is 9.81. The van der Waals surface area contributed by atoms with Crippen molar-refractivity contribution in [2.24, 2.45) is 0 Å². The number of nitrogens with zero attached hydrogens (tertiary/aromatic N) is 3. The van der Waals surface area contributed by atoms with E-state index in [2.05, 4.69) is 35.3 Å². The smallest absolute Gasteiger partial charge is 0.246 e. The largest absolute Gasteiger partial charge is 0.337 e. The fraction of sp³-hybridized carbons (Fsp3) is 0.208. The van der Waals surface area contributed by atoms with Gasteiger partial charge in [0.05, 0.1) is 0 Å². The van der Waals surface area contributed by atoms with Gasteiger partial charge in [0.1, 0.15) is 0 Å². The number of hydrogen-bond acceptors (Lipinski definition) is 3. The van der Waals surface area contributed by atoms with Gasteiger partial charge in [0.15, 0.2) is 0 Å². The average molecular weight is 385 g/mol. The molecule has 146 valence electrons. The summed E-state index contributed by atoms with van der Waals surface area (Å²) in [7, 11) is 0. The van der Waals surface area contributed by atoms with Crippen LogP contribution in [0.1, 0.15) is 17.5 Å². The van der Waals surface area contributed by atoms with Crippen molar-refractivity contribution in [2.75, 3.05) is 19.6 Å². The van der Waals surface area contributed by atoms with Crippen molar-refractivity contribution in [3.8, 4) is 0 Å². The third-order valence-electron chi connectivity index (χ3n) is 5.19. The third kappa shape index (κ3) is 4.69. The topological polar surface area (TPSA) is 53.5 Å². The summed E-state index contributed by atoms with van der Waals surface area (Å²) in [5.74, 6) is 0.0129. The van der Waals surface area contributed by atoms with Gasteiger partial charge < -0.3 is 9.80 Å². The lowest BCUT2D eigenvalue weighted by molar-refractivity contribution is -0.130. The highest BCUT2D eigenvalue weighted by Crippen LogP contribution is 2.18. The van der Waals surface area contributed by atoms with Crippen molar-refractivity contribution in [1.82, 2.24) is 14.8 Å². The predicted octanol–water partition coefficient (Wildman–Crippen LogP) is 3.51. The minimum atomic E-state index is -0.0748. The van der Waals surface area contributed by atoms with Crippen molar-refractivity contribution in [3.63, 3.8) is 0 Å². The maximum Gasteiger partial charge on any atom is 0.246 e. The van der Waals surface area contributed by atoms with E-state index in [-0.39, 0.29) is 11.8 Å². The quantitative estimate of drug-likeness (QED) is 0.646. The molecule has 2 aromatic carbocycles. The highest BCUT2D eigenvalue weighted by molar-refractivity contribution is 5.92. The van der Waals surface area contributed by atoms with Crippen LogP contribution in [0.4, 0.5) is 0 Å². The van der Waals surface area contributed by atoms with Crippen molar-refractivity contribution < 1.29 is 9.59 Å². The fourth-order valence-electron chi connectivity index (χ4n) is 3.56. The van der Waals surface area contributed by atoms with Gasteiger partial charge in [-0.05, 0) is 40.1 Å². The molecule has 29 heavy (non-hydrogen) atoms. The maximum absolute atomic E-state index is 12.6. The molecule has 0 saturated carbocycles. The summed E-state index contributed by atoms with van der Waals surface area (Å²) < 4.78 is 0. The Bertz CT molecular complexity index is 1050. The van der Waals surface area contributed by atoms with Crippen molar-refractivity contribution in [1.29, 1.82) is 0 Å². The number of carbonyl (C=O) groups is 2. The van der Waals surface area contributed by atoms with Gasteiger partial charge in [0, 0.05) is 51.1 Å². The molecule has 4 rings (SSSR count). The van der Waals surface area contributed by atoms with E-state index in [1.165, 1.54) is 10.8 Å². The number of fused-ring (bicyclic) bond motifs is 1. The molecule has 5 heteroatoms. The monoisotopic (exact) mass is 385 g/mol. The minimum Gasteiger partial charge on any atom is -0.337 e. The number of aromatic nitrogens is 1. The van der Waals surface area contributed by atoms with Crippen molar-refractivity contribution in [3.05, 3.63) is 84.2 Å². The Hall–Kier alpha value is -3.47. The Morgan fingerprint density at radius 3 is 2.69 bits per heavy atom. The molecule has 0 radical (unpaired) electrons. The molecule has 3 aromatic rings. The van der Waals surface area contributed by atoms with E-state index in [0.717, 1.165) is 11.1 Å². The number of amides is 2. The number of benzene rings is 2. The van der Waals surface area contributed by atoms with E-state index in [4.69, 9.17) is 0 Å². The van der Waals surface area contributed by atoms with Crippen LogP contribution in [0.5, 0.6) is 0 Å². The lowest BCUT2D eigenvalue weighted by atomic mass is 10.1.